The van der Waals surface area contributed by atoms with Crippen LogP contribution in [0.4, 0.5) is 0 Å². The zero-order chi connectivity index (χ0) is 16.1. The maximum Gasteiger partial charge on any atom is 0.305 e. The summed E-state index contributed by atoms with van der Waals surface area (Å²) in [6.07, 6.45) is 2.90. The summed E-state index contributed by atoms with van der Waals surface area (Å²) in [7, 11) is 3.11. The number of hydrogen-bond donors (Lipinski definition) is 2. The number of aliphatic carboxylic acids is 1. The third kappa shape index (κ3) is 3.50. The second kappa shape index (κ2) is 6.86. The van der Waals surface area contributed by atoms with Crippen LogP contribution in [0.15, 0.2) is 30.6 Å². The van der Waals surface area contributed by atoms with E-state index >= 15 is 0 Å². The van der Waals surface area contributed by atoms with Crippen molar-refractivity contribution in [3.63, 3.8) is 0 Å². The lowest BCUT2D eigenvalue weighted by Crippen LogP contribution is -2.15. The first-order valence-corrected chi connectivity index (χ1v) is 6.57. The van der Waals surface area contributed by atoms with E-state index in [-0.39, 0.29) is 6.42 Å². The van der Waals surface area contributed by atoms with Gasteiger partial charge in [-0.15, -0.1) is 0 Å². The highest BCUT2D eigenvalue weighted by Gasteiger charge is 2.13. The van der Waals surface area contributed by atoms with Crippen LogP contribution in [-0.4, -0.2) is 35.3 Å². The van der Waals surface area contributed by atoms with Gasteiger partial charge in [0, 0.05) is 29.6 Å². The van der Waals surface area contributed by atoms with E-state index in [1.165, 1.54) is 12.4 Å². The molecule has 3 N–H and O–H groups in total. The van der Waals surface area contributed by atoms with E-state index < -0.39 is 12.0 Å². The molecule has 0 aliphatic heterocycles. The molecule has 0 saturated heterocycles. The van der Waals surface area contributed by atoms with Gasteiger partial charge >= 0.3 is 5.97 Å². The van der Waals surface area contributed by atoms with Crippen molar-refractivity contribution in [2.75, 3.05) is 14.2 Å². The van der Waals surface area contributed by atoms with Crippen molar-refractivity contribution >= 4 is 5.97 Å². The van der Waals surface area contributed by atoms with Gasteiger partial charge in [-0.05, 0) is 18.2 Å². The summed E-state index contributed by atoms with van der Waals surface area (Å²) < 4.78 is 10.4. The number of nitrogens with zero attached hydrogens (tertiary/aromatic N) is 2. The van der Waals surface area contributed by atoms with Crippen LogP contribution in [0, 0.1) is 0 Å². The Morgan fingerprint density at radius 2 is 1.86 bits per heavy atom. The molecule has 0 saturated carbocycles. The molecule has 1 aromatic heterocycles. The van der Waals surface area contributed by atoms with Crippen molar-refractivity contribution in [2.45, 2.75) is 12.5 Å². The normalized spacial score (nSPS) is 11.8. The Hall–Kier alpha value is -2.67. The first kappa shape index (κ1) is 15.7. The summed E-state index contributed by atoms with van der Waals surface area (Å²) >= 11 is 0. The number of nitrogens with two attached hydrogens (primary N) is 1. The molecule has 7 heteroatoms. The van der Waals surface area contributed by atoms with Gasteiger partial charge in [0.25, 0.3) is 0 Å². The van der Waals surface area contributed by atoms with Crippen molar-refractivity contribution in [2.24, 2.45) is 5.73 Å². The molecular formula is C15H17N3O4. The van der Waals surface area contributed by atoms with Crippen LogP contribution in [-0.2, 0) is 4.79 Å². The molecule has 0 fully saturated rings. The third-order valence-electron chi connectivity index (χ3n) is 3.14. The maximum atomic E-state index is 10.7. The molecule has 0 spiro atoms. The number of carbonyl (C=O) groups is 1. The van der Waals surface area contributed by atoms with Crippen molar-refractivity contribution in [3.05, 3.63) is 36.2 Å². The third-order valence-corrected chi connectivity index (χ3v) is 3.14. The number of aromatic nitrogens is 2. The number of benzene rings is 1. The predicted octanol–water partition coefficient (Wildman–Crippen LogP) is 1.64. The number of carboxylic acid groups (broad SMARTS) is 1. The topological polar surface area (TPSA) is 108 Å². The smallest absolute Gasteiger partial charge is 0.305 e. The molecule has 0 unspecified atom stereocenters. The first-order chi connectivity index (χ1) is 10.5. The van der Waals surface area contributed by atoms with Gasteiger partial charge in [0.05, 0.1) is 20.6 Å². The molecule has 1 aromatic carbocycles. The van der Waals surface area contributed by atoms with Gasteiger partial charge < -0.3 is 20.3 Å². The molecule has 0 bridgehead atoms. The van der Waals surface area contributed by atoms with E-state index in [1.807, 2.05) is 6.07 Å². The number of hydrogen-bond acceptors (Lipinski definition) is 6. The lowest BCUT2D eigenvalue weighted by molar-refractivity contribution is -0.137. The molecule has 2 rings (SSSR count). The van der Waals surface area contributed by atoms with Gasteiger partial charge in [-0.2, -0.15) is 0 Å². The highest BCUT2D eigenvalue weighted by molar-refractivity contribution is 5.68. The Balaban J connectivity index is 2.25. The molecule has 0 aliphatic carbocycles. The maximum absolute atomic E-state index is 10.7. The number of ether oxygens (including phenoxy) is 2. The SMILES string of the molecule is COc1ccc(-c2ncc([C@H](N)CC(=O)O)cn2)cc1OC. The summed E-state index contributed by atoms with van der Waals surface area (Å²) in [5, 5.41) is 8.74. The Bertz CT molecular complexity index is 658. The van der Waals surface area contributed by atoms with Crippen LogP contribution in [0.1, 0.15) is 18.0 Å². The van der Waals surface area contributed by atoms with Gasteiger partial charge in [0.2, 0.25) is 0 Å². The van der Waals surface area contributed by atoms with E-state index in [4.69, 9.17) is 20.3 Å². The quantitative estimate of drug-likeness (QED) is 0.835. The summed E-state index contributed by atoms with van der Waals surface area (Å²) in [5.41, 5.74) is 7.11. The Morgan fingerprint density at radius 1 is 1.23 bits per heavy atom. The average molecular weight is 303 g/mol. The molecule has 1 atom stereocenters. The molecule has 0 radical (unpaired) electrons. The number of carboxylic acids is 1. The van der Waals surface area contributed by atoms with Crippen molar-refractivity contribution in [1.29, 1.82) is 0 Å². The second-order valence-corrected chi connectivity index (χ2v) is 4.61. The molecule has 0 amide bonds. The fraction of sp³-hybridized carbons (Fsp3) is 0.267. The lowest BCUT2D eigenvalue weighted by atomic mass is 10.1. The molecule has 7 nitrogen and oxygen atoms in total. The Labute approximate surface area is 127 Å². The standard InChI is InChI=1S/C15H17N3O4/c1-21-12-4-3-9(5-13(12)22-2)15-17-7-10(8-18-15)11(16)6-14(19)20/h3-5,7-8,11H,6,16H2,1-2H3,(H,19,20)/t11-/m1/s1. The largest absolute Gasteiger partial charge is 0.493 e. The molecule has 116 valence electrons. The van der Waals surface area contributed by atoms with Gasteiger partial charge in [0.1, 0.15) is 0 Å². The van der Waals surface area contributed by atoms with E-state index in [9.17, 15) is 4.79 Å². The first-order valence-electron chi connectivity index (χ1n) is 6.57. The van der Waals surface area contributed by atoms with Gasteiger partial charge in [-0.1, -0.05) is 0 Å². The van der Waals surface area contributed by atoms with Crippen LogP contribution < -0.4 is 15.2 Å². The van der Waals surface area contributed by atoms with E-state index in [0.717, 1.165) is 5.56 Å². The van der Waals surface area contributed by atoms with E-state index in [1.54, 1.807) is 26.4 Å². The van der Waals surface area contributed by atoms with Crippen molar-refractivity contribution < 1.29 is 19.4 Å². The van der Waals surface area contributed by atoms with Crippen LogP contribution in [0.25, 0.3) is 11.4 Å². The van der Waals surface area contributed by atoms with Gasteiger partial charge in [0.15, 0.2) is 17.3 Å². The van der Waals surface area contributed by atoms with Gasteiger partial charge in [-0.3, -0.25) is 4.79 Å². The summed E-state index contributed by atoms with van der Waals surface area (Å²) in [6.45, 7) is 0. The molecule has 2 aromatic rings. The average Bonchev–Trinajstić information content (AvgIpc) is 2.53. The summed E-state index contributed by atoms with van der Waals surface area (Å²) in [6, 6.07) is 4.72. The fourth-order valence-corrected chi connectivity index (χ4v) is 1.96. The minimum Gasteiger partial charge on any atom is -0.493 e. The minimum atomic E-state index is -0.962. The molecule has 22 heavy (non-hydrogen) atoms. The van der Waals surface area contributed by atoms with Crippen LogP contribution in [0.2, 0.25) is 0 Å². The Kier molecular flexibility index (Phi) is 4.90. The Morgan fingerprint density at radius 3 is 2.41 bits per heavy atom. The minimum absolute atomic E-state index is 0.168. The zero-order valence-electron chi connectivity index (χ0n) is 12.3. The predicted molar refractivity (Wildman–Crippen MR) is 79.8 cm³/mol. The van der Waals surface area contributed by atoms with Crippen molar-refractivity contribution in [3.8, 4) is 22.9 Å². The van der Waals surface area contributed by atoms with Crippen LogP contribution in [0.5, 0.6) is 11.5 Å². The summed E-state index contributed by atoms with van der Waals surface area (Å²) in [5.74, 6) is 0.727. The summed E-state index contributed by atoms with van der Waals surface area (Å²) in [4.78, 5) is 19.1. The van der Waals surface area contributed by atoms with Gasteiger partial charge in [-0.25, -0.2) is 9.97 Å². The zero-order valence-corrected chi connectivity index (χ0v) is 12.3. The number of rotatable bonds is 6. The van der Waals surface area contributed by atoms with E-state index in [2.05, 4.69) is 9.97 Å². The van der Waals surface area contributed by atoms with Crippen LogP contribution >= 0.6 is 0 Å². The molecular weight excluding hydrogens is 286 g/mol. The highest BCUT2D eigenvalue weighted by atomic mass is 16.5. The van der Waals surface area contributed by atoms with Crippen LogP contribution in [0.3, 0.4) is 0 Å². The monoisotopic (exact) mass is 303 g/mol. The molecule has 1 heterocycles. The molecule has 0 aliphatic rings. The van der Waals surface area contributed by atoms with Crippen molar-refractivity contribution in [1.82, 2.24) is 9.97 Å². The van der Waals surface area contributed by atoms with E-state index in [0.29, 0.717) is 22.9 Å². The fourth-order valence-electron chi connectivity index (χ4n) is 1.96. The lowest BCUT2D eigenvalue weighted by Gasteiger charge is -2.10. The second-order valence-electron chi connectivity index (χ2n) is 4.61. The highest BCUT2D eigenvalue weighted by Crippen LogP contribution is 2.31. The number of methoxy groups -OCH3 is 2.